The van der Waals surface area contributed by atoms with Crippen LogP contribution in [0.5, 0.6) is 0 Å². The summed E-state index contributed by atoms with van der Waals surface area (Å²) in [4.78, 5) is 46.2. The van der Waals surface area contributed by atoms with Crippen molar-refractivity contribution in [3.8, 4) is 0 Å². The number of benzene rings is 2. The lowest BCUT2D eigenvalue weighted by atomic mass is 9.62. The molecule has 0 aromatic heterocycles. The highest BCUT2D eigenvalue weighted by molar-refractivity contribution is 6.34. The number of hydrogen-bond donors (Lipinski definition) is 1. The SMILES string of the molecule is C=CCCOC(=O)[C@@H]1[C@H]2C(=O)N([C@@H](CO)Cc3ccccc3)C(C(=O)N(CC=C)c3ccccc3Cl)C23CC(C)[C@@]1(C)O3. The standard InChI is InChI=1S/C34H39ClN2O6/c1-5-7-18-42-32(41)28-27-30(39)37(24(21-38)19-23-13-9-8-10-14-23)29(34(27)20-22(3)33(28,4)43-34)31(40)36(17-6-2)26-16-12-11-15-25(26)35/h5-6,8-16,22,24,27-29,38H,1-2,7,17-21H2,3-4H3/t22?,24-,27+,28+,29?,33-,34?/m1/s1. The van der Waals surface area contributed by atoms with E-state index in [1.807, 2.05) is 44.2 Å². The van der Waals surface area contributed by atoms with Gasteiger partial charge in [0.1, 0.15) is 17.6 Å². The van der Waals surface area contributed by atoms with Gasteiger partial charge in [-0.15, -0.1) is 13.2 Å². The maximum absolute atomic E-state index is 14.9. The number of fused-ring (bicyclic) bond motifs is 1. The number of carbonyl (C=O) groups is 3. The van der Waals surface area contributed by atoms with E-state index in [4.69, 9.17) is 21.1 Å². The summed E-state index contributed by atoms with van der Waals surface area (Å²) in [7, 11) is 0. The van der Waals surface area contributed by atoms with Gasteiger partial charge >= 0.3 is 5.97 Å². The molecule has 7 atom stereocenters. The number of likely N-dealkylation sites (tertiary alicyclic amines) is 1. The van der Waals surface area contributed by atoms with Crippen molar-refractivity contribution in [2.24, 2.45) is 17.8 Å². The summed E-state index contributed by atoms with van der Waals surface area (Å²) < 4.78 is 12.5. The summed E-state index contributed by atoms with van der Waals surface area (Å²) in [6.45, 7) is 11.2. The Kier molecular flexibility index (Phi) is 8.84. The Labute approximate surface area is 257 Å². The third kappa shape index (κ3) is 5.09. The van der Waals surface area contributed by atoms with Crippen LogP contribution in [0.25, 0.3) is 0 Å². The van der Waals surface area contributed by atoms with Gasteiger partial charge in [-0.25, -0.2) is 0 Å². The third-order valence-corrected chi connectivity index (χ3v) is 9.77. The number of esters is 1. The first-order valence-electron chi connectivity index (χ1n) is 14.8. The zero-order valence-corrected chi connectivity index (χ0v) is 25.4. The van der Waals surface area contributed by atoms with Gasteiger partial charge in [-0.3, -0.25) is 14.4 Å². The van der Waals surface area contributed by atoms with Gasteiger partial charge in [0.25, 0.3) is 5.91 Å². The molecular weight excluding hydrogens is 568 g/mol. The molecule has 5 rings (SSSR count). The molecule has 0 saturated carbocycles. The third-order valence-electron chi connectivity index (χ3n) is 9.45. The highest BCUT2D eigenvalue weighted by atomic mass is 35.5. The summed E-state index contributed by atoms with van der Waals surface area (Å²) in [6.07, 6.45) is 4.43. The Morgan fingerprint density at radius 1 is 1.19 bits per heavy atom. The largest absolute Gasteiger partial charge is 0.465 e. The molecule has 1 spiro atoms. The number of aliphatic hydroxyl groups excluding tert-OH is 1. The lowest BCUT2D eigenvalue weighted by molar-refractivity contribution is -0.162. The average Bonchev–Trinajstić information content (AvgIpc) is 3.52. The summed E-state index contributed by atoms with van der Waals surface area (Å²) in [6, 6.07) is 14.6. The minimum absolute atomic E-state index is 0.129. The molecule has 8 nitrogen and oxygen atoms in total. The first kappa shape index (κ1) is 31.0. The number of rotatable bonds is 12. The van der Waals surface area contributed by atoms with Crippen LogP contribution in [0.15, 0.2) is 79.9 Å². The maximum Gasteiger partial charge on any atom is 0.312 e. The molecule has 0 aliphatic carbocycles. The molecule has 3 heterocycles. The van der Waals surface area contributed by atoms with Gasteiger partial charge in [0.2, 0.25) is 5.91 Å². The normalized spacial score (nSPS) is 29.7. The molecule has 3 fully saturated rings. The molecule has 228 valence electrons. The molecule has 9 heteroatoms. The Balaban J connectivity index is 1.64. The molecule has 2 aromatic rings. The van der Waals surface area contributed by atoms with Gasteiger partial charge in [-0.1, -0.05) is 73.1 Å². The van der Waals surface area contributed by atoms with Crippen molar-refractivity contribution in [1.29, 1.82) is 0 Å². The molecule has 2 aromatic carbocycles. The van der Waals surface area contributed by atoms with Crippen LogP contribution in [0.2, 0.25) is 5.02 Å². The average molecular weight is 607 g/mol. The highest BCUT2D eigenvalue weighted by Gasteiger charge is 2.80. The molecule has 3 aliphatic rings. The second-order valence-electron chi connectivity index (χ2n) is 11.9. The monoisotopic (exact) mass is 606 g/mol. The molecule has 43 heavy (non-hydrogen) atoms. The number of para-hydroxylation sites is 1. The molecule has 3 unspecified atom stereocenters. The first-order valence-corrected chi connectivity index (χ1v) is 15.1. The molecule has 1 N–H and O–H groups in total. The molecule has 3 aliphatic heterocycles. The van der Waals surface area contributed by atoms with Crippen molar-refractivity contribution >= 4 is 35.1 Å². The summed E-state index contributed by atoms with van der Waals surface area (Å²) in [5.74, 6) is -3.36. The van der Waals surface area contributed by atoms with Crippen molar-refractivity contribution in [3.63, 3.8) is 0 Å². The second kappa shape index (κ2) is 12.3. The first-order chi connectivity index (χ1) is 20.6. The van der Waals surface area contributed by atoms with Crippen molar-refractivity contribution in [2.45, 2.75) is 56.4 Å². The lowest BCUT2D eigenvalue weighted by Gasteiger charge is -2.39. The number of halogens is 1. The van der Waals surface area contributed by atoms with Gasteiger partial charge in [0, 0.05) is 6.54 Å². The van der Waals surface area contributed by atoms with E-state index in [1.54, 1.807) is 36.4 Å². The smallest absolute Gasteiger partial charge is 0.312 e. The number of aliphatic hydroxyl groups is 1. The van der Waals surface area contributed by atoms with Crippen LogP contribution >= 0.6 is 11.6 Å². The van der Waals surface area contributed by atoms with Crippen LogP contribution in [0, 0.1) is 17.8 Å². The molecule has 0 radical (unpaired) electrons. The maximum atomic E-state index is 14.9. The van der Waals surface area contributed by atoms with Crippen LogP contribution in [-0.2, 0) is 30.3 Å². The van der Waals surface area contributed by atoms with Crippen LogP contribution in [0.3, 0.4) is 0 Å². The summed E-state index contributed by atoms with van der Waals surface area (Å²) in [5.41, 5.74) is -0.958. The number of nitrogens with zero attached hydrogens (tertiary/aromatic N) is 2. The summed E-state index contributed by atoms with van der Waals surface area (Å²) in [5, 5.41) is 11.1. The number of ether oxygens (including phenoxy) is 2. The fourth-order valence-corrected chi connectivity index (χ4v) is 7.67. The van der Waals surface area contributed by atoms with Crippen LogP contribution in [0.1, 0.15) is 32.3 Å². The number of amides is 2. The van der Waals surface area contributed by atoms with Crippen molar-refractivity contribution in [1.82, 2.24) is 4.90 Å². The van der Waals surface area contributed by atoms with E-state index >= 15 is 0 Å². The summed E-state index contributed by atoms with van der Waals surface area (Å²) >= 11 is 6.58. The fourth-order valence-electron chi connectivity index (χ4n) is 7.43. The van der Waals surface area contributed by atoms with E-state index in [9.17, 15) is 19.5 Å². The van der Waals surface area contributed by atoms with Gasteiger partial charge in [0.15, 0.2) is 0 Å². The van der Waals surface area contributed by atoms with Crippen LogP contribution in [0.4, 0.5) is 5.69 Å². The van der Waals surface area contributed by atoms with Crippen molar-refractivity contribution < 1.29 is 29.0 Å². The van der Waals surface area contributed by atoms with E-state index in [0.717, 1.165) is 5.56 Å². The lowest BCUT2D eigenvalue weighted by Crippen LogP contribution is -2.59. The van der Waals surface area contributed by atoms with E-state index < -0.39 is 52.9 Å². The van der Waals surface area contributed by atoms with Crippen molar-refractivity contribution in [2.75, 3.05) is 24.7 Å². The second-order valence-corrected chi connectivity index (χ2v) is 12.3. The number of hydrogen-bond acceptors (Lipinski definition) is 6. The Morgan fingerprint density at radius 2 is 1.88 bits per heavy atom. The highest BCUT2D eigenvalue weighted by Crippen LogP contribution is 2.65. The predicted octanol–water partition coefficient (Wildman–Crippen LogP) is 4.59. The quantitative estimate of drug-likeness (QED) is 0.216. The van der Waals surface area contributed by atoms with Gasteiger partial charge < -0.3 is 24.4 Å². The van der Waals surface area contributed by atoms with Gasteiger partial charge in [0.05, 0.1) is 41.5 Å². The van der Waals surface area contributed by atoms with E-state index in [2.05, 4.69) is 13.2 Å². The molecule has 2 bridgehead atoms. The number of anilines is 1. The van der Waals surface area contributed by atoms with E-state index in [1.165, 1.54) is 9.80 Å². The predicted molar refractivity (Wildman–Crippen MR) is 164 cm³/mol. The molecular formula is C34H39ClN2O6. The van der Waals surface area contributed by atoms with E-state index in [0.29, 0.717) is 30.0 Å². The molecule has 3 saturated heterocycles. The van der Waals surface area contributed by atoms with Gasteiger partial charge in [-0.2, -0.15) is 0 Å². The van der Waals surface area contributed by atoms with Crippen LogP contribution in [-0.4, -0.2) is 70.8 Å². The van der Waals surface area contributed by atoms with Gasteiger partial charge in [-0.05, 0) is 49.8 Å². The Morgan fingerprint density at radius 3 is 2.53 bits per heavy atom. The zero-order chi connectivity index (χ0) is 30.9. The minimum Gasteiger partial charge on any atom is -0.465 e. The van der Waals surface area contributed by atoms with E-state index in [-0.39, 0.29) is 25.7 Å². The molecule has 2 amide bonds. The Bertz CT molecular complexity index is 1400. The topological polar surface area (TPSA) is 96.4 Å². The van der Waals surface area contributed by atoms with Crippen molar-refractivity contribution in [3.05, 3.63) is 90.5 Å². The van der Waals surface area contributed by atoms with Crippen LogP contribution < -0.4 is 4.90 Å². The zero-order valence-electron chi connectivity index (χ0n) is 24.7. The fraction of sp³-hybridized carbons (Fsp3) is 0.441. The number of carbonyl (C=O) groups excluding carboxylic acids is 3. The minimum atomic E-state index is -1.31. The Hall–Kier alpha value is -3.46.